The van der Waals surface area contributed by atoms with Gasteiger partial charge in [-0.25, -0.2) is 0 Å². The van der Waals surface area contributed by atoms with Gasteiger partial charge in [0.15, 0.2) is 0 Å². The van der Waals surface area contributed by atoms with E-state index >= 15 is 0 Å². The number of rotatable bonds is 15. The lowest BCUT2D eigenvalue weighted by Gasteiger charge is -2.03. The van der Waals surface area contributed by atoms with Crippen molar-refractivity contribution in [3.8, 4) is 12.3 Å². The van der Waals surface area contributed by atoms with Gasteiger partial charge in [-0.3, -0.25) is 0 Å². The van der Waals surface area contributed by atoms with E-state index in [0.29, 0.717) is 0 Å². The van der Waals surface area contributed by atoms with Crippen molar-refractivity contribution in [2.45, 2.75) is 98.3 Å². The minimum atomic E-state index is 0.891. The first-order valence-electron chi connectivity index (χ1n) is 11.6. The van der Waals surface area contributed by atoms with Crippen molar-refractivity contribution in [2.75, 3.05) is 0 Å². The first kappa shape index (κ1) is 26.3. The lowest BCUT2D eigenvalue weighted by atomic mass is 10.0. The molecule has 1 rings (SSSR count). The first-order valence-corrected chi connectivity index (χ1v) is 12.5. The summed E-state index contributed by atoms with van der Waals surface area (Å²) in [4.78, 5) is 0. The molecule has 1 heterocycles. The molecule has 0 saturated heterocycles. The van der Waals surface area contributed by atoms with Crippen molar-refractivity contribution in [3.63, 3.8) is 0 Å². The molecular weight excluding hydrogens is 380 g/mol. The normalized spacial score (nSPS) is 13.6. The van der Waals surface area contributed by atoms with Gasteiger partial charge in [0.05, 0.1) is 0 Å². The van der Waals surface area contributed by atoms with Gasteiger partial charge in [-0.05, 0) is 114 Å². The molecule has 0 unspecified atom stereocenters. The molecule has 0 aliphatic rings. The molecular formula is C29H42S. The van der Waals surface area contributed by atoms with Crippen LogP contribution in [-0.4, -0.2) is 0 Å². The smallest absolute Gasteiger partial charge is 0.00891 e. The summed E-state index contributed by atoms with van der Waals surface area (Å²) in [5.74, 6) is 2.72. The number of hydrogen-bond acceptors (Lipinski definition) is 1. The topological polar surface area (TPSA) is 0 Å². The highest BCUT2D eigenvalue weighted by molar-refractivity contribution is 7.07. The van der Waals surface area contributed by atoms with E-state index in [4.69, 9.17) is 6.42 Å². The van der Waals surface area contributed by atoms with Crippen LogP contribution >= 0.6 is 11.3 Å². The number of hydrogen-bond donors (Lipinski definition) is 0. The second-order valence-corrected chi connectivity index (χ2v) is 9.33. The van der Waals surface area contributed by atoms with E-state index in [9.17, 15) is 0 Å². The first-order chi connectivity index (χ1) is 14.5. The van der Waals surface area contributed by atoms with Gasteiger partial charge < -0.3 is 0 Å². The maximum Gasteiger partial charge on any atom is 0.00891 e. The number of thiophene rings is 1. The minimum Gasteiger partial charge on any atom is -0.152 e. The standard InChI is InChI=1S/C29H42S/c1-6-7-8-13-25(2)14-9-15-26(3)16-10-17-27(4)18-11-19-28(5)20-12-21-29-22-23-30-24-29/h1,14,16,18,20,22-24H,7-13,15,17,19,21H2,2-5H3/b25-14+,26-16+,27-18+,28-20+. The minimum absolute atomic E-state index is 0.891. The summed E-state index contributed by atoms with van der Waals surface area (Å²) in [7, 11) is 0. The van der Waals surface area contributed by atoms with Gasteiger partial charge >= 0.3 is 0 Å². The average Bonchev–Trinajstić information content (AvgIpc) is 3.22. The van der Waals surface area contributed by atoms with Crippen LogP contribution in [0.2, 0.25) is 0 Å². The summed E-state index contributed by atoms with van der Waals surface area (Å²) in [6.07, 6.45) is 27.5. The van der Waals surface area contributed by atoms with Gasteiger partial charge in [-0.15, -0.1) is 12.3 Å². The predicted octanol–water partition coefficient (Wildman–Crippen LogP) is 9.61. The Kier molecular flexibility index (Phi) is 14.8. The van der Waals surface area contributed by atoms with Crippen LogP contribution in [0.3, 0.4) is 0 Å². The van der Waals surface area contributed by atoms with Gasteiger partial charge in [0.2, 0.25) is 0 Å². The third kappa shape index (κ3) is 14.2. The highest BCUT2D eigenvalue weighted by Gasteiger charge is 1.95. The monoisotopic (exact) mass is 422 g/mol. The molecule has 0 aliphatic heterocycles. The molecule has 30 heavy (non-hydrogen) atoms. The third-order valence-electron chi connectivity index (χ3n) is 5.49. The van der Waals surface area contributed by atoms with Crippen LogP contribution in [0.1, 0.15) is 97.5 Å². The molecule has 0 atom stereocenters. The van der Waals surface area contributed by atoms with E-state index in [1.165, 1.54) is 60.0 Å². The second-order valence-electron chi connectivity index (χ2n) is 8.55. The third-order valence-corrected chi connectivity index (χ3v) is 6.22. The summed E-state index contributed by atoms with van der Waals surface area (Å²) < 4.78 is 0. The zero-order valence-electron chi connectivity index (χ0n) is 19.8. The Morgan fingerprint density at radius 2 is 1.30 bits per heavy atom. The van der Waals surface area contributed by atoms with Crippen LogP contribution in [0.5, 0.6) is 0 Å². The highest BCUT2D eigenvalue weighted by Crippen LogP contribution is 2.15. The predicted molar refractivity (Wildman–Crippen MR) is 138 cm³/mol. The van der Waals surface area contributed by atoms with Crippen LogP contribution in [0, 0.1) is 12.3 Å². The molecule has 1 heteroatoms. The molecule has 0 aliphatic carbocycles. The largest absolute Gasteiger partial charge is 0.152 e. The summed E-state index contributed by atoms with van der Waals surface area (Å²) in [6, 6.07) is 2.23. The fourth-order valence-electron chi connectivity index (χ4n) is 3.44. The Bertz CT molecular complexity index is 732. The van der Waals surface area contributed by atoms with Crippen LogP contribution in [0.4, 0.5) is 0 Å². The molecule has 0 radical (unpaired) electrons. The quantitative estimate of drug-likeness (QED) is 0.150. The molecule has 0 bridgehead atoms. The summed E-state index contributed by atoms with van der Waals surface area (Å²) in [6.45, 7) is 9.05. The Morgan fingerprint density at radius 3 is 1.77 bits per heavy atom. The maximum absolute atomic E-state index is 5.31. The van der Waals surface area contributed by atoms with Gasteiger partial charge in [-0.1, -0.05) is 46.6 Å². The maximum atomic E-state index is 5.31. The van der Waals surface area contributed by atoms with Gasteiger partial charge in [0.25, 0.3) is 0 Å². The van der Waals surface area contributed by atoms with Gasteiger partial charge in [-0.2, -0.15) is 11.3 Å². The van der Waals surface area contributed by atoms with Crippen LogP contribution in [-0.2, 0) is 6.42 Å². The molecule has 0 amide bonds. The van der Waals surface area contributed by atoms with E-state index < -0.39 is 0 Å². The number of allylic oxidation sites excluding steroid dienone is 8. The van der Waals surface area contributed by atoms with Crippen LogP contribution in [0.25, 0.3) is 0 Å². The molecule has 164 valence electrons. The fourth-order valence-corrected chi connectivity index (χ4v) is 4.14. The lowest BCUT2D eigenvalue weighted by molar-refractivity contribution is 0.833. The number of terminal acetylenes is 1. The fraction of sp³-hybridized carbons (Fsp3) is 0.517. The number of aryl methyl sites for hydroxylation is 1. The second kappa shape index (κ2) is 17.0. The van der Waals surface area contributed by atoms with E-state index in [0.717, 1.165) is 38.5 Å². The molecule has 0 aromatic carbocycles. The summed E-state index contributed by atoms with van der Waals surface area (Å²) >= 11 is 1.79. The number of unbranched alkanes of at least 4 members (excludes halogenated alkanes) is 1. The van der Waals surface area contributed by atoms with Crippen molar-refractivity contribution < 1.29 is 0 Å². The van der Waals surface area contributed by atoms with E-state index in [2.05, 4.69) is 74.7 Å². The molecule has 1 aromatic heterocycles. The van der Waals surface area contributed by atoms with E-state index in [-0.39, 0.29) is 0 Å². The van der Waals surface area contributed by atoms with Crippen LogP contribution in [0.15, 0.2) is 63.4 Å². The van der Waals surface area contributed by atoms with Gasteiger partial charge in [0.1, 0.15) is 0 Å². The van der Waals surface area contributed by atoms with Crippen molar-refractivity contribution in [1.82, 2.24) is 0 Å². The summed E-state index contributed by atoms with van der Waals surface area (Å²) in [5.41, 5.74) is 7.50. The van der Waals surface area contributed by atoms with Crippen LogP contribution < -0.4 is 0 Å². The molecule has 0 saturated carbocycles. The van der Waals surface area contributed by atoms with Crippen molar-refractivity contribution in [3.05, 3.63) is 69.0 Å². The van der Waals surface area contributed by atoms with Crippen molar-refractivity contribution in [2.24, 2.45) is 0 Å². The zero-order chi connectivity index (χ0) is 22.0. The SMILES string of the molecule is C#CCCC/C(C)=C/CC/C(C)=C/CC/C(C)=C/CC/C(C)=C/CCc1ccsc1. The average molecular weight is 423 g/mol. The van der Waals surface area contributed by atoms with Crippen molar-refractivity contribution in [1.29, 1.82) is 0 Å². The molecule has 0 N–H and O–H groups in total. The zero-order valence-corrected chi connectivity index (χ0v) is 20.6. The van der Waals surface area contributed by atoms with E-state index in [1.807, 2.05) is 0 Å². The Labute approximate surface area is 190 Å². The van der Waals surface area contributed by atoms with E-state index in [1.54, 1.807) is 11.3 Å². The Hall–Kier alpha value is -1.78. The molecule has 0 fully saturated rings. The lowest BCUT2D eigenvalue weighted by Crippen LogP contribution is -1.84. The Morgan fingerprint density at radius 1 is 0.800 bits per heavy atom. The molecule has 0 spiro atoms. The molecule has 1 aromatic rings. The highest BCUT2D eigenvalue weighted by atomic mass is 32.1. The van der Waals surface area contributed by atoms with Crippen molar-refractivity contribution >= 4 is 11.3 Å². The Balaban J connectivity index is 2.17. The molecule has 0 nitrogen and oxygen atoms in total. The summed E-state index contributed by atoms with van der Waals surface area (Å²) in [5, 5.41) is 4.42. The van der Waals surface area contributed by atoms with Gasteiger partial charge in [0, 0.05) is 6.42 Å².